The Kier molecular flexibility index (Phi) is 4.10. The second-order valence-corrected chi connectivity index (χ2v) is 8.17. The van der Waals surface area contributed by atoms with Gasteiger partial charge in [-0.3, -0.25) is 5.10 Å². The molecule has 0 saturated carbocycles. The number of aliphatic hydroxyl groups excluding tert-OH is 1. The van der Waals surface area contributed by atoms with Crippen molar-refractivity contribution in [1.82, 2.24) is 30.5 Å². The van der Waals surface area contributed by atoms with Gasteiger partial charge in [0.05, 0.1) is 28.9 Å². The van der Waals surface area contributed by atoms with Crippen LogP contribution in [0.15, 0.2) is 45.1 Å². The van der Waals surface area contributed by atoms with Gasteiger partial charge < -0.3 is 19.8 Å². The number of nitrogens with one attached hydrogen (secondary N) is 3. The van der Waals surface area contributed by atoms with Crippen molar-refractivity contribution in [3.63, 3.8) is 0 Å². The van der Waals surface area contributed by atoms with Gasteiger partial charge in [-0.1, -0.05) is 0 Å². The van der Waals surface area contributed by atoms with E-state index in [4.69, 9.17) is 4.42 Å². The van der Waals surface area contributed by atoms with Crippen LogP contribution < -0.4 is 5.32 Å². The molecule has 31 heavy (non-hydrogen) atoms. The zero-order chi connectivity index (χ0) is 21.1. The number of aromatic amines is 2. The van der Waals surface area contributed by atoms with E-state index in [9.17, 15) is 13.9 Å². The molecule has 156 valence electrons. The third kappa shape index (κ3) is 3.00. The van der Waals surface area contributed by atoms with Crippen molar-refractivity contribution in [3.8, 4) is 11.3 Å². The normalized spacial score (nSPS) is 16.3. The molecular formula is C20H14F2N6O2S. The summed E-state index contributed by atoms with van der Waals surface area (Å²) in [7, 11) is 0. The van der Waals surface area contributed by atoms with Crippen molar-refractivity contribution in [2.75, 3.05) is 6.54 Å². The molecular weight excluding hydrogens is 426 g/mol. The summed E-state index contributed by atoms with van der Waals surface area (Å²) in [5.74, 6) is -0.862. The fraction of sp³-hybridized carbons (Fsp3) is 0.150. The zero-order valence-electron chi connectivity index (χ0n) is 15.7. The molecule has 1 aromatic carbocycles. The van der Waals surface area contributed by atoms with Gasteiger partial charge in [-0.25, -0.2) is 18.7 Å². The second kappa shape index (κ2) is 6.87. The van der Waals surface area contributed by atoms with E-state index in [0.29, 0.717) is 40.3 Å². The van der Waals surface area contributed by atoms with Gasteiger partial charge in [0.25, 0.3) is 0 Å². The molecule has 0 radical (unpaired) electrons. The van der Waals surface area contributed by atoms with Gasteiger partial charge in [-0.15, -0.1) is 0 Å². The van der Waals surface area contributed by atoms with E-state index in [1.165, 1.54) is 6.07 Å². The van der Waals surface area contributed by atoms with Crippen LogP contribution in [0.2, 0.25) is 0 Å². The maximum absolute atomic E-state index is 13.9. The number of aliphatic hydroxyl groups is 1. The van der Waals surface area contributed by atoms with Crippen molar-refractivity contribution < 1.29 is 18.3 Å². The molecule has 4 aromatic heterocycles. The Morgan fingerprint density at radius 2 is 2.10 bits per heavy atom. The molecule has 11 heteroatoms. The molecule has 0 bridgehead atoms. The van der Waals surface area contributed by atoms with Crippen LogP contribution in [0.25, 0.3) is 33.4 Å². The number of imidazole rings is 1. The number of furan rings is 1. The SMILES string of the molecule is OC1CNCc2nc3[nH]ncc3c(-c3ccc(Sc4nc5c(F)cc(F)cc5[nH]4)o3)c21. The highest BCUT2D eigenvalue weighted by Crippen LogP contribution is 2.40. The predicted molar refractivity (Wildman–Crippen MR) is 108 cm³/mol. The first kappa shape index (κ1) is 18.5. The van der Waals surface area contributed by atoms with Gasteiger partial charge >= 0.3 is 0 Å². The number of rotatable bonds is 3. The fourth-order valence-electron chi connectivity index (χ4n) is 3.89. The number of pyridine rings is 1. The van der Waals surface area contributed by atoms with E-state index in [1.807, 2.05) is 0 Å². The molecule has 0 fully saturated rings. The number of aromatic nitrogens is 5. The topological polar surface area (TPSA) is 116 Å². The fourth-order valence-corrected chi connectivity index (χ4v) is 4.65. The van der Waals surface area contributed by atoms with Crippen LogP contribution in [0.3, 0.4) is 0 Å². The number of fused-ring (bicyclic) bond motifs is 3. The summed E-state index contributed by atoms with van der Waals surface area (Å²) < 4.78 is 33.4. The van der Waals surface area contributed by atoms with E-state index in [2.05, 4.69) is 30.5 Å². The molecule has 6 rings (SSSR count). The number of β-amino-alcohol motifs (C(OH)–C–C–N with tert-alkyl or cyclic N) is 1. The molecule has 1 aliphatic heterocycles. The van der Waals surface area contributed by atoms with Crippen LogP contribution in [0.1, 0.15) is 17.4 Å². The predicted octanol–water partition coefficient (Wildman–Crippen LogP) is 3.66. The summed E-state index contributed by atoms with van der Waals surface area (Å²) >= 11 is 1.15. The molecule has 5 aromatic rings. The summed E-state index contributed by atoms with van der Waals surface area (Å²) in [4.78, 5) is 11.6. The van der Waals surface area contributed by atoms with Gasteiger partial charge in [0, 0.05) is 30.3 Å². The molecule has 5 heterocycles. The Hall–Kier alpha value is -3.28. The number of benzene rings is 1. The lowest BCUT2D eigenvalue weighted by molar-refractivity contribution is 0.164. The van der Waals surface area contributed by atoms with E-state index >= 15 is 0 Å². The van der Waals surface area contributed by atoms with Crippen molar-refractivity contribution in [1.29, 1.82) is 0 Å². The first-order valence-electron chi connectivity index (χ1n) is 9.44. The van der Waals surface area contributed by atoms with Crippen molar-refractivity contribution in [2.24, 2.45) is 0 Å². The molecule has 8 nitrogen and oxygen atoms in total. The molecule has 0 amide bonds. The number of H-pyrrole nitrogens is 2. The van der Waals surface area contributed by atoms with Crippen LogP contribution in [-0.4, -0.2) is 36.8 Å². The first-order chi connectivity index (χ1) is 15.1. The first-order valence-corrected chi connectivity index (χ1v) is 10.3. The lowest BCUT2D eigenvalue weighted by atomic mass is 9.94. The van der Waals surface area contributed by atoms with Gasteiger partial charge in [0.2, 0.25) is 0 Å². The summed E-state index contributed by atoms with van der Waals surface area (Å²) in [6.45, 7) is 0.937. The quantitative estimate of drug-likeness (QED) is 0.338. The summed E-state index contributed by atoms with van der Waals surface area (Å²) in [5.41, 5.74) is 3.10. The van der Waals surface area contributed by atoms with E-state index in [0.717, 1.165) is 34.5 Å². The maximum atomic E-state index is 13.9. The molecule has 1 unspecified atom stereocenters. The van der Waals surface area contributed by atoms with Crippen molar-refractivity contribution in [2.45, 2.75) is 22.9 Å². The number of hydrogen-bond acceptors (Lipinski definition) is 7. The van der Waals surface area contributed by atoms with Gasteiger partial charge in [-0.05, 0) is 30.0 Å². The third-order valence-electron chi connectivity index (χ3n) is 5.19. The number of hydrogen-bond donors (Lipinski definition) is 4. The monoisotopic (exact) mass is 440 g/mol. The van der Waals surface area contributed by atoms with Crippen molar-refractivity contribution >= 4 is 33.8 Å². The molecule has 1 atom stereocenters. The highest BCUT2D eigenvalue weighted by atomic mass is 32.2. The molecule has 0 saturated heterocycles. The highest BCUT2D eigenvalue weighted by Gasteiger charge is 2.27. The van der Waals surface area contributed by atoms with E-state index < -0.39 is 17.7 Å². The zero-order valence-corrected chi connectivity index (χ0v) is 16.6. The Balaban J connectivity index is 1.42. The summed E-state index contributed by atoms with van der Waals surface area (Å²) in [6, 6.07) is 5.54. The van der Waals surface area contributed by atoms with Gasteiger partial charge in [0.15, 0.2) is 21.7 Å². The Morgan fingerprint density at radius 3 is 3.00 bits per heavy atom. The largest absolute Gasteiger partial charge is 0.449 e. The summed E-state index contributed by atoms with van der Waals surface area (Å²) in [5, 5.41) is 22.3. The van der Waals surface area contributed by atoms with Crippen LogP contribution >= 0.6 is 11.8 Å². The van der Waals surface area contributed by atoms with E-state index in [1.54, 1.807) is 18.3 Å². The Bertz CT molecular complexity index is 1460. The third-order valence-corrected chi connectivity index (χ3v) is 5.99. The molecule has 0 spiro atoms. The maximum Gasteiger partial charge on any atom is 0.174 e. The molecule has 4 N–H and O–H groups in total. The standard InChI is InChI=1S/C20H14F2N6O2S/c21-8-3-10(22)18-11(4-8)26-20(27-18)31-15-2-1-14(30-15)16-9-5-24-28-19(9)25-12-6-23-7-13(29)17(12)16/h1-5,13,23,29H,6-7H2,(H,26,27)(H,24,25,28). The van der Waals surface area contributed by atoms with Crippen molar-refractivity contribution in [3.05, 3.63) is 53.4 Å². The smallest absolute Gasteiger partial charge is 0.174 e. The minimum Gasteiger partial charge on any atom is -0.449 e. The number of nitrogens with zero attached hydrogens (tertiary/aromatic N) is 3. The lowest BCUT2D eigenvalue weighted by Crippen LogP contribution is -2.29. The highest BCUT2D eigenvalue weighted by molar-refractivity contribution is 7.99. The lowest BCUT2D eigenvalue weighted by Gasteiger charge is -2.24. The second-order valence-electron chi connectivity index (χ2n) is 7.17. The molecule has 1 aliphatic rings. The minimum absolute atomic E-state index is 0.0645. The Morgan fingerprint density at radius 1 is 1.19 bits per heavy atom. The average molecular weight is 440 g/mol. The van der Waals surface area contributed by atoms with Gasteiger partial charge in [0.1, 0.15) is 17.1 Å². The van der Waals surface area contributed by atoms with Crippen LogP contribution in [0, 0.1) is 11.6 Å². The minimum atomic E-state index is -0.736. The van der Waals surface area contributed by atoms with Crippen LogP contribution in [-0.2, 0) is 6.54 Å². The average Bonchev–Trinajstić information content (AvgIpc) is 3.46. The van der Waals surface area contributed by atoms with Gasteiger partial charge in [-0.2, -0.15) is 5.10 Å². The van der Waals surface area contributed by atoms with Crippen LogP contribution in [0.4, 0.5) is 8.78 Å². The Labute approximate surface area is 177 Å². The number of halogens is 2. The molecule has 0 aliphatic carbocycles. The van der Waals surface area contributed by atoms with Crippen LogP contribution in [0.5, 0.6) is 0 Å². The summed E-state index contributed by atoms with van der Waals surface area (Å²) in [6.07, 6.45) is 0.915. The van der Waals surface area contributed by atoms with E-state index in [-0.39, 0.29) is 11.0 Å².